The molecule has 3 heteroatoms. The van der Waals surface area contributed by atoms with Gasteiger partial charge in [-0.05, 0) is 18.8 Å². The molecule has 0 saturated carbocycles. The minimum absolute atomic E-state index is 0.289. The minimum Gasteiger partial charge on any atom is -0.371 e. The lowest BCUT2D eigenvalue weighted by atomic mass is 10.2. The van der Waals surface area contributed by atoms with E-state index in [0.29, 0.717) is 5.92 Å². The Kier molecular flexibility index (Phi) is 2.65. The average molecular weight is 197 g/mol. The van der Waals surface area contributed by atoms with Crippen LogP contribution in [-0.2, 0) is 4.74 Å². The monoisotopic (exact) mass is 197 g/mol. The van der Waals surface area contributed by atoms with E-state index in [9.17, 15) is 0 Å². The van der Waals surface area contributed by atoms with E-state index in [1.807, 2.05) is 0 Å². The molecule has 1 aromatic heterocycles. The zero-order chi connectivity index (χ0) is 9.26. The summed E-state index contributed by atoms with van der Waals surface area (Å²) in [6.07, 6.45) is 2.62. The van der Waals surface area contributed by atoms with Crippen LogP contribution in [0.3, 0.4) is 0 Å². The number of hydrogen-bond acceptors (Lipinski definition) is 3. The number of aromatic nitrogens is 1. The van der Waals surface area contributed by atoms with E-state index in [4.69, 9.17) is 4.74 Å². The van der Waals surface area contributed by atoms with Crippen molar-refractivity contribution < 1.29 is 4.74 Å². The third-order valence-corrected chi connectivity index (χ3v) is 3.29. The molecule has 0 aliphatic carbocycles. The predicted octanol–water partition coefficient (Wildman–Crippen LogP) is 3.12. The first-order valence-electron chi connectivity index (χ1n) is 4.84. The van der Waals surface area contributed by atoms with Crippen LogP contribution in [0.1, 0.15) is 49.4 Å². The van der Waals surface area contributed by atoms with Gasteiger partial charge in [-0.3, -0.25) is 0 Å². The zero-order valence-corrected chi connectivity index (χ0v) is 8.93. The summed E-state index contributed by atoms with van der Waals surface area (Å²) in [5, 5.41) is 3.32. The van der Waals surface area contributed by atoms with E-state index in [1.54, 1.807) is 11.3 Å². The summed E-state index contributed by atoms with van der Waals surface area (Å²) in [6, 6.07) is 0. The third-order valence-electron chi connectivity index (χ3n) is 2.34. The molecule has 1 fully saturated rings. The van der Waals surface area contributed by atoms with Gasteiger partial charge >= 0.3 is 0 Å². The van der Waals surface area contributed by atoms with Gasteiger partial charge < -0.3 is 4.74 Å². The summed E-state index contributed by atoms with van der Waals surface area (Å²) in [6.45, 7) is 5.25. The maximum Gasteiger partial charge on any atom is 0.122 e. The molecule has 72 valence electrons. The van der Waals surface area contributed by atoms with Crippen LogP contribution < -0.4 is 0 Å². The summed E-state index contributed by atoms with van der Waals surface area (Å²) in [7, 11) is 0. The lowest BCUT2D eigenvalue weighted by molar-refractivity contribution is 0.111. The van der Waals surface area contributed by atoms with Crippen LogP contribution in [0.5, 0.6) is 0 Å². The molecule has 0 bridgehead atoms. The summed E-state index contributed by atoms with van der Waals surface area (Å²) in [5.74, 6) is 0.534. The largest absolute Gasteiger partial charge is 0.371 e. The highest BCUT2D eigenvalue weighted by molar-refractivity contribution is 7.09. The topological polar surface area (TPSA) is 22.1 Å². The van der Waals surface area contributed by atoms with Crippen molar-refractivity contribution in [2.75, 3.05) is 6.61 Å². The maximum absolute atomic E-state index is 5.58. The van der Waals surface area contributed by atoms with E-state index in [0.717, 1.165) is 13.0 Å². The van der Waals surface area contributed by atoms with Gasteiger partial charge in [-0.15, -0.1) is 11.3 Å². The molecule has 1 aliphatic heterocycles. The van der Waals surface area contributed by atoms with Gasteiger partial charge in [0.1, 0.15) is 11.1 Å². The highest BCUT2D eigenvalue weighted by atomic mass is 32.1. The summed E-state index contributed by atoms with van der Waals surface area (Å²) < 4.78 is 5.58. The summed E-state index contributed by atoms with van der Waals surface area (Å²) >= 11 is 1.74. The molecule has 0 aromatic carbocycles. The molecule has 2 nitrogen and oxygen atoms in total. The fraction of sp³-hybridized carbons (Fsp3) is 0.700. The Balaban J connectivity index is 2.12. The lowest BCUT2D eigenvalue weighted by Gasteiger charge is -2.04. The molecular formula is C10H15NOS. The molecule has 2 heterocycles. The van der Waals surface area contributed by atoms with Crippen molar-refractivity contribution in [2.24, 2.45) is 0 Å². The minimum atomic E-state index is 0.289. The average Bonchev–Trinajstić information content (AvgIpc) is 2.75. The normalized spacial score (nSPS) is 22.8. The Morgan fingerprint density at radius 3 is 3.00 bits per heavy atom. The maximum atomic E-state index is 5.58. The second-order valence-electron chi connectivity index (χ2n) is 3.77. The highest BCUT2D eigenvalue weighted by Crippen LogP contribution is 2.31. The van der Waals surface area contributed by atoms with Crippen LogP contribution in [0, 0.1) is 0 Å². The molecule has 1 atom stereocenters. The number of hydrogen-bond donors (Lipinski definition) is 0. The standard InChI is InChI=1S/C10H15NOS/c1-7(2)8-6-13-10(11-8)9-4-3-5-12-9/h6-7,9H,3-5H2,1-2H3. The Labute approximate surface area is 83.0 Å². The molecule has 0 spiro atoms. The Hall–Kier alpha value is -0.410. The van der Waals surface area contributed by atoms with Crippen molar-refractivity contribution in [3.05, 3.63) is 16.1 Å². The first-order chi connectivity index (χ1) is 6.27. The SMILES string of the molecule is CC(C)c1csc(C2CCCO2)n1. The fourth-order valence-electron chi connectivity index (χ4n) is 1.49. The van der Waals surface area contributed by atoms with Crippen LogP contribution in [0.2, 0.25) is 0 Å². The van der Waals surface area contributed by atoms with Crippen molar-refractivity contribution in [2.45, 2.75) is 38.7 Å². The van der Waals surface area contributed by atoms with E-state index in [2.05, 4.69) is 24.2 Å². The molecule has 1 aromatic rings. The van der Waals surface area contributed by atoms with Gasteiger partial charge in [0, 0.05) is 12.0 Å². The van der Waals surface area contributed by atoms with Crippen LogP contribution >= 0.6 is 11.3 Å². The molecule has 1 saturated heterocycles. The molecule has 0 N–H and O–H groups in total. The fourth-order valence-corrected chi connectivity index (χ4v) is 2.55. The smallest absolute Gasteiger partial charge is 0.122 e. The number of ether oxygens (including phenoxy) is 1. The molecule has 1 unspecified atom stereocenters. The van der Waals surface area contributed by atoms with Gasteiger partial charge in [-0.2, -0.15) is 0 Å². The molecule has 2 rings (SSSR count). The van der Waals surface area contributed by atoms with Gasteiger partial charge in [-0.25, -0.2) is 4.98 Å². The van der Waals surface area contributed by atoms with E-state index in [1.165, 1.54) is 17.1 Å². The van der Waals surface area contributed by atoms with Gasteiger partial charge in [0.2, 0.25) is 0 Å². The summed E-state index contributed by atoms with van der Waals surface area (Å²) in [4.78, 5) is 4.59. The molecular weight excluding hydrogens is 182 g/mol. The second kappa shape index (κ2) is 3.76. The quantitative estimate of drug-likeness (QED) is 0.726. The van der Waals surface area contributed by atoms with Gasteiger partial charge in [-0.1, -0.05) is 13.8 Å². The van der Waals surface area contributed by atoms with Crippen LogP contribution in [0.4, 0.5) is 0 Å². The number of nitrogens with zero attached hydrogens (tertiary/aromatic N) is 1. The van der Waals surface area contributed by atoms with Gasteiger partial charge in [0.05, 0.1) is 5.69 Å². The Bertz CT molecular complexity index is 276. The predicted molar refractivity (Wildman–Crippen MR) is 54.1 cm³/mol. The third kappa shape index (κ3) is 1.92. The van der Waals surface area contributed by atoms with E-state index >= 15 is 0 Å². The van der Waals surface area contributed by atoms with Crippen molar-refractivity contribution in [1.82, 2.24) is 4.98 Å². The van der Waals surface area contributed by atoms with E-state index in [-0.39, 0.29) is 6.10 Å². The summed E-state index contributed by atoms with van der Waals surface area (Å²) in [5.41, 5.74) is 1.20. The second-order valence-corrected chi connectivity index (χ2v) is 4.66. The van der Waals surface area contributed by atoms with Gasteiger partial charge in [0.25, 0.3) is 0 Å². The van der Waals surface area contributed by atoms with E-state index < -0.39 is 0 Å². The Morgan fingerprint density at radius 2 is 2.46 bits per heavy atom. The van der Waals surface area contributed by atoms with Crippen LogP contribution in [-0.4, -0.2) is 11.6 Å². The van der Waals surface area contributed by atoms with Crippen LogP contribution in [0.15, 0.2) is 5.38 Å². The zero-order valence-electron chi connectivity index (χ0n) is 8.12. The molecule has 0 radical (unpaired) electrons. The first-order valence-corrected chi connectivity index (χ1v) is 5.72. The van der Waals surface area contributed by atoms with Crippen LogP contribution in [0.25, 0.3) is 0 Å². The lowest BCUT2D eigenvalue weighted by Crippen LogP contribution is -1.96. The van der Waals surface area contributed by atoms with Crippen molar-refractivity contribution >= 4 is 11.3 Å². The van der Waals surface area contributed by atoms with Crippen molar-refractivity contribution in [3.63, 3.8) is 0 Å². The molecule has 1 aliphatic rings. The van der Waals surface area contributed by atoms with Gasteiger partial charge in [0.15, 0.2) is 0 Å². The first kappa shape index (κ1) is 9.16. The Morgan fingerprint density at radius 1 is 1.62 bits per heavy atom. The highest BCUT2D eigenvalue weighted by Gasteiger charge is 2.21. The molecule has 0 amide bonds. The molecule has 13 heavy (non-hydrogen) atoms. The van der Waals surface area contributed by atoms with Crippen molar-refractivity contribution in [1.29, 1.82) is 0 Å². The van der Waals surface area contributed by atoms with Crippen molar-refractivity contribution in [3.8, 4) is 0 Å². The number of rotatable bonds is 2. The number of thiazole rings is 1.